The molecule has 0 aliphatic heterocycles. The molecule has 0 saturated heterocycles. The Balaban J connectivity index is 4.49. The molecule has 248 valence electrons. The summed E-state index contributed by atoms with van der Waals surface area (Å²) < 4.78 is 21.9. The van der Waals surface area contributed by atoms with Crippen LogP contribution in [0.1, 0.15) is 117 Å². The fourth-order valence-electron chi connectivity index (χ4n) is 4.07. The van der Waals surface area contributed by atoms with Crippen molar-refractivity contribution in [1.82, 2.24) is 5.32 Å². The number of carbonyl (C=O) groups is 1. The van der Waals surface area contributed by atoms with E-state index in [-0.39, 0.29) is 25.7 Å². The lowest BCUT2D eigenvalue weighted by atomic mass is 10.1. The van der Waals surface area contributed by atoms with Crippen molar-refractivity contribution in [2.24, 2.45) is 5.73 Å². The molecular formula is C34H61N2O6P. The number of rotatable bonds is 29. The minimum Gasteiger partial charge on any atom is -0.387 e. The van der Waals surface area contributed by atoms with Crippen molar-refractivity contribution in [2.45, 2.75) is 129 Å². The van der Waals surface area contributed by atoms with Gasteiger partial charge in [-0.25, -0.2) is 4.57 Å². The molecular weight excluding hydrogens is 563 g/mol. The van der Waals surface area contributed by atoms with Crippen LogP contribution in [0.25, 0.3) is 0 Å². The number of phosphoric acid groups is 1. The Morgan fingerprint density at radius 1 is 0.791 bits per heavy atom. The molecule has 3 atom stereocenters. The summed E-state index contributed by atoms with van der Waals surface area (Å²) >= 11 is 0. The van der Waals surface area contributed by atoms with E-state index < -0.39 is 20.0 Å². The third-order valence-electron chi connectivity index (χ3n) is 6.55. The van der Waals surface area contributed by atoms with E-state index in [0.29, 0.717) is 6.42 Å². The van der Waals surface area contributed by atoms with E-state index >= 15 is 0 Å². The number of amides is 1. The summed E-state index contributed by atoms with van der Waals surface area (Å²) in [6, 6.07) is -0.889. The normalized spacial score (nSPS) is 15.4. The maximum Gasteiger partial charge on any atom is 0.472 e. The van der Waals surface area contributed by atoms with Gasteiger partial charge in [0.1, 0.15) is 0 Å². The fourth-order valence-corrected chi connectivity index (χ4v) is 4.83. The Labute approximate surface area is 262 Å². The van der Waals surface area contributed by atoms with Crippen molar-refractivity contribution < 1.29 is 28.4 Å². The molecule has 0 aliphatic rings. The van der Waals surface area contributed by atoms with Crippen LogP contribution in [-0.2, 0) is 18.4 Å². The van der Waals surface area contributed by atoms with Crippen molar-refractivity contribution in [3.63, 3.8) is 0 Å². The molecule has 9 heteroatoms. The van der Waals surface area contributed by atoms with Crippen molar-refractivity contribution in [3.8, 4) is 0 Å². The second kappa shape index (κ2) is 30.2. The van der Waals surface area contributed by atoms with Gasteiger partial charge in [0, 0.05) is 13.0 Å². The fraction of sp³-hybridized carbons (Fsp3) is 0.676. The third kappa shape index (κ3) is 28.7. The summed E-state index contributed by atoms with van der Waals surface area (Å²) in [6.07, 6.45) is 35.6. The highest BCUT2D eigenvalue weighted by Crippen LogP contribution is 2.43. The van der Waals surface area contributed by atoms with Gasteiger partial charge in [-0.15, -0.1) is 0 Å². The van der Waals surface area contributed by atoms with Gasteiger partial charge in [0.05, 0.1) is 25.4 Å². The average molecular weight is 625 g/mol. The SMILES string of the molecule is CC/C=C/CC/C=C/CC/C=C/C(O)C(COP(=O)(O)OCCN)NC(=O)CCCCCCC/C=C\C/C=C\CCCC. The van der Waals surface area contributed by atoms with Crippen molar-refractivity contribution >= 4 is 13.7 Å². The van der Waals surface area contributed by atoms with Gasteiger partial charge in [-0.2, -0.15) is 0 Å². The largest absolute Gasteiger partial charge is 0.472 e. The van der Waals surface area contributed by atoms with Crippen molar-refractivity contribution in [1.29, 1.82) is 0 Å². The van der Waals surface area contributed by atoms with E-state index in [1.54, 1.807) is 6.08 Å². The topological polar surface area (TPSA) is 131 Å². The lowest BCUT2D eigenvalue weighted by Gasteiger charge is -2.23. The first-order valence-corrected chi connectivity index (χ1v) is 17.9. The number of nitrogens with two attached hydrogens (primary N) is 1. The van der Waals surface area contributed by atoms with Crippen LogP contribution in [0.4, 0.5) is 0 Å². The summed E-state index contributed by atoms with van der Waals surface area (Å²) in [6.45, 7) is 3.88. The van der Waals surface area contributed by atoms with Gasteiger partial charge in [-0.3, -0.25) is 13.8 Å². The molecule has 0 aromatic heterocycles. The predicted octanol–water partition coefficient (Wildman–Crippen LogP) is 7.99. The maximum atomic E-state index is 12.6. The molecule has 8 nitrogen and oxygen atoms in total. The summed E-state index contributed by atoms with van der Waals surface area (Å²) in [5.41, 5.74) is 5.33. The molecule has 0 heterocycles. The highest BCUT2D eigenvalue weighted by Gasteiger charge is 2.26. The van der Waals surface area contributed by atoms with Crippen LogP contribution in [0.5, 0.6) is 0 Å². The van der Waals surface area contributed by atoms with Crippen LogP contribution in [0.2, 0.25) is 0 Å². The van der Waals surface area contributed by atoms with Gasteiger partial charge in [0.25, 0.3) is 0 Å². The Bertz CT molecular complexity index is 856. The first-order chi connectivity index (χ1) is 20.9. The molecule has 0 saturated carbocycles. The number of unbranched alkanes of at least 4 members (excludes halogenated alkanes) is 9. The monoisotopic (exact) mass is 624 g/mol. The van der Waals surface area contributed by atoms with Gasteiger partial charge >= 0.3 is 7.82 Å². The zero-order chi connectivity index (χ0) is 31.9. The van der Waals surface area contributed by atoms with Gasteiger partial charge in [-0.05, 0) is 64.2 Å². The molecule has 0 aromatic rings. The molecule has 0 aromatic carbocycles. The third-order valence-corrected chi connectivity index (χ3v) is 7.54. The lowest BCUT2D eigenvalue weighted by Crippen LogP contribution is -2.45. The Kier molecular flexibility index (Phi) is 29.0. The van der Waals surface area contributed by atoms with Crippen LogP contribution < -0.4 is 11.1 Å². The Morgan fingerprint density at radius 3 is 2.02 bits per heavy atom. The van der Waals surface area contributed by atoms with E-state index in [9.17, 15) is 19.4 Å². The molecule has 43 heavy (non-hydrogen) atoms. The maximum absolute atomic E-state index is 12.6. The first-order valence-electron chi connectivity index (χ1n) is 16.4. The highest BCUT2D eigenvalue weighted by atomic mass is 31.2. The number of phosphoric ester groups is 1. The Hall–Kier alpha value is -1.80. The summed E-state index contributed by atoms with van der Waals surface area (Å²) in [5.74, 6) is -0.230. The van der Waals surface area contributed by atoms with E-state index in [1.807, 2.05) is 6.08 Å². The quantitative estimate of drug-likeness (QED) is 0.0377. The molecule has 3 unspecified atom stereocenters. The number of hydrogen-bond donors (Lipinski definition) is 4. The van der Waals surface area contributed by atoms with Crippen molar-refractivity contribution in [2.75, 3.05) is 19.8 Å². The predicted molar refractivity (Wildman–Crippen MR) is 180 cm³/mol. The number of aliphatic hydroxyl groups excluding tert-OH is 1. The van der Waals surface area contributed by atoms with Gasteiger partial charge < -0.3 is 21.1 Å². The second-order valence-corrected chi connectivity index (χ2v) is 12.1. The van der Waals surface area contributed by atoms with Crippen molar-refractivity contribution in [3.05, 3.63) is 60.8 Å². The number of aliphatic hydroxyl groups is 1. The molecule has 0 fully saturated rings. The average Bonchev–Trinajstić information content (AvgIpc) is 2.99. The van der Waals surface area contributed by atoms with E-state index in [1.165, 1.54) is 19.3 Å². The molecule has 0 bridgehead atoms. The van der Waals surface area contributed by atoms with Gasteiger partial charge in [0.15, 0.2) is 0 Å². The van der Waals surface area contributed by atoms with Crippen LogP contribution >= 0.6 is 7.82 Å². The van der Waals surface area contributed by atoms with E-state index in [4.69, 9.17) is 14.8 Å². The number of hydrogen-bond acceptors (Lipinski definition) is 6. The summed E-state index contributed by atoms with van der Waals surface area (Å²) in [7, 11) is -4.34. The van der Waals surface area contributed by atoms with E-state index in [0.717, 1.165) is 77.0 Å². The molecule has 0 rings (SSSR count). The Morgan fingerprint density at radius 2 is 1.37 bits per heavy atom. The molecule has 0 radical (unpaired) electrons. The van der Waals surface area contributed by atoms with Crippen LogP contribution in [-0.4, -0.2) is 47.8 Å². The van der Waals surface area contributed by atoms with Crippen LogP contribution in [0, 0.1) is 0 Å². The number of nitrogens with one attached hydrogen (secondary N) is 1. The number of carbonyl (C=O) groups excluding carboxylic acids is 1. The minimum absolute atomic E-state index is 0.0663. The van der Waals surface area contributed by atoms with Gasteiger partial charge in [0.2, 0.25) is 5.91 Å². The highest BCUT2D eigenvalue weighted by molar-refractivity contribution is 7.47. The standard InChI is InChI=1S/C34H61N2O6P/c1-3-5-7-9-11-13-15-16-17-18-20-22-24-26-28-34(38)36-32(31-42-43(39,40)41-30-29-35)33(37)27-25-23-21-19-14-12-10-8-6-4-2/h6,8-9,11,14-16,19,25,27,32-33,37H,3-5,7,10,12-13,17-18,20-24,26,28-31,35H2,1-2H3,(H,36,38)(H,39,40)/b8-6+,11-9-,16-15-,19-14+,27-25+. The molecule has 0 spiro atoms. The summed E-state index contributed by atoms with van der Waals surface area (Å²) in [5, 5.41) is 13.5. The lowest BCUT2D eigenvalue weighted by molar-refractivity contribution is -0.123. The zero-order valence-electron chi connectivity index (χ0n) is 26.9. The minimum atomic E-state index is -4.34. The molecule has 0 aliphatic carbocycles. The van der Waals surface area contributed by atoms with E-state index in [2.05, 4.69) is 67.8 Å². The van der Waals surface area contributed by atoms with Gasteiger partial charge in [-0.1, -0.05) is 107 Å². The zero-order valence-corrected chi connectivity index (χ0v) is 27.8. The molecule has 1 amide bonds. The smallest absolute Gasteiger partial charge is 0.387 e. The van der Waals surface area contributed by atoms with Crippen LogP contribution in [0.15, 0.2) is 60.8 Å². The first kappa shape index (κ1) is 41.2. The van der Waals surface area contributed by atoms with Crippen LogP contribution in [0.3, 0.4) is 0 Å². The second-order valence-electron chi connectivity index (χ2n) is 10.6. The summed E-state index contributed by atoms with van der Waals surface area (Å²) in [4.78, 5) is 22.4. The number of allylic oxidation sites excluding steroid dienone is 9. The molecule has 5 N–H and O–H groups in total.